The number of nitrogens with one attached hydrogen (secondary N) is 3. The van der Waals surface area contributed by atoms with Crippen LogP contribution < -0.4 is 5.32 Å². The average Bonchev–Trinajstić information content (AvgIpc) is 3.05. The van der Waals surface area contributed by atoms with Crippen molar-refractivity contribution in [2.45, 2.75) is 12.8 Å². The van der Waals surface area contributed by atoms with Crippen molar-refractivity contribution in [1.82, 2.24) is 25.5 Å². The van der Waals surface area contributed by atoms with Gasteiger partial charge in [0.2, 0.25) is 0 Å². The molecule has 0 aliphatic rings. The van der Waals surface area contributed by atoms with E-state index in [4.69, 9.17) is 0 Å². The Morgan fingerprint density at radius 3 is 2.95 bits per heavy atom. The fraction of sp³-hybridized carbons (Fsp3) is 0.300. The fourth-order valence-corrected chi connectivity index (χ4v) is 1.53. The number of nitro groups is 1. The number of carbonyl (C=O) groups excluding carboxylic acids is 1. The second-order valence-electron chi connectivity index (χ2n) is 3.81. The van der Waals surface area contributed by atoms with Crippen LogP contribution in [-0.2, 0) is 6.42 Å². The zero-order chi connectivity index (χ0) is 13.7. The maximum Gasteiger partial charge on any atom is 0.321 e. The first-order valence-corrected chi connectivity index (χ1v) is 5.62. The first-order chi connectivity index (χ1) is 9.16. The van der Waals surface area contributed by atoms with E-state index in [0.29, 0.717) is 19.4 Å². The Bertz CT molecular complexity index is 562. The maximum atomic E-state index is 11.6. The first kappa shape index (κ1) is 12.7. The third-order valence-electron chi connectivity index (χ3n) is 2.45. The summed E-state index contributed by atoms with van der Waals surface area (Å²) >= 11 is 0. The fourth-order valence-electron chi connectivity index (χ4n) is 1.53. The Hall–Kier alpha value is -2.71. The number of aromatic nitrogens is 4. The molecule has 0 radical (unpaired) electrons. The zero-order valence-electron chi connectivity index (χ0n) is 9.92. The van der Waals surface area contributed by atoms with Crippen molar-refractivity contribution in [3.63, 3.8) is 0 Å². The number of H-pyrrole nitrogens is 2. The summed E-state index contributed by atoms with van der Waals surface area (Å²) in [5.41, 5.74) is 0.173. The molecule has 1 amide bonds. The van der Waals surface area contributed by atoms with Crippen molar-refractivity contribution in [2.75, 3.05) is 6.54 Å². The summed E-state index contributed by atoms with van der Waals surface area (Å²) in [5, 5.41) is 19.5. The van der Waals surface area contributed by atoms with Gasteiger partial charge in [0.25, 0.3) is 5.91 Å². The van der Waals surface area contributed by atoms with Crippen molar-refractivity contribution in [3.8, 4) is 0 Å². The van der Waals surface area contributed by atoms with Gasteiger partial charge in [-0.3, -0.25) is 9.89 Å². The van der Waals surface area contributed by atoms with Crippen LogP contribution in [0.4, 0.5) is 5.82 Å². The van der Waals surface area contributed by atoms with Gasteiger partial charge >= 0.3 is 5.82 Å². The van der Waals surface area contributed by atoms with Gasteiger partial charge in [0.1, 0.15) is 12.2 Å². The topological polar surface area (TPSA) is 130 Å². The highest BCUT2D eigenvalue weighted by molar-refractivity contribution is 5.92. The molecule has 0 aromatic carbocycles. The van der Waals surface area contributed by atoms with Crippen LogP contribution >= 0.6 is 0 Å². The van der Waals surface area contributed by atoms with E-state index in [1.54, 1.807) is 0 Å². The summed E-state index contributed by atoms with van der Waals surface area (Å²) in [6.07, 6.45) is 2.79. The summed E-state index contributed by atoms with van der Waals surface area (Å²) in [6.45, 7) is 0.451. The molecule has 0 saturated carbocycles. The van der Waals surface area contributed by atoms with E-state index >= 15 is 0 Å². The minimum atomic E-state index is -0.583. The summed E-state index contributed by atoms with van der Waals surface area (Å²) < 4.78 is 0. The van der Waals surface area contributed by atoms with Gasteiger partial charge in [-0.05, 0) is 17.4 Å². The van der Waals surface area contributed by atoms with Gasteiger partial charge in [-0.15, -0.1) is 0 Å². The van der Waals surface area contributed by atoms with Gasteiger partial charge in [0.05, 0.1) is 0 Å². The van der Waals surface area contributed by atoms with E-state index in [1.165, 1.54) is 18.5 Å². The quantitative estimate of drug-likeness (QED) is 0.395. The molecule has 2 aromatic heterocycles. The van der Waals surface area contributed by atoms with Crippen molar-refractivity contribution >= 4 is 11.7 Å². The molecular formula is C10H12N6O3. The molecule has 0 aliphatic carbocycles. The molecule has 0 bridgehead atoms. The van der Waals surface area contributed by atoms with Crippen LogP contribution in [0.5, 0.6) is 0 Å². The number of hydrogen-bond acceptors (Lipinski definition) is 5. The van der Waals surface area contributed by atoms with Gasteiger partial charge < -0.3 is 15.4 Å². The van der Waals surface area contributed by atoms with Crippen LogP contribution in [0.25, 0.3) is 0 Å². The van der Waals surface area contributed by atoms with Gasteiger partial charge in [-0.1, -0.05) is 0 Å². The Balaban J connectivity index is 1.76. The molecule has 9 nitrogen and oxygen atoms in total. The van der Waals surface area contributed by atoms with Crippen LogP contribution in [0.2, 0.25) is 0 Å². The molecule has 3 N–H and O–H groups in total. The molecule has 100 valence electrons. The van der Waals surface area contributed by atoms with Gasteiger partial charge in [-0.25, -0.2) is 9.97 Å². The molecule has 2 rings (SSSR count). The number of rotatable bonds is 6. The zero-order valence-corrected chi connectivity index (χ0v) is 9.92. The molecule has 0 fully saturated rings. The lowest BCUT2D eigenvalue weighted by Gasteiger charge is -2.00. The van der Waals surface area contributed by atoms with E-state index in [-0.39, 0.29) is 17.4 Å². The molecule has 2 heterocycles. The number of hydrogen-bond donors (Lipinski definition) is 3. The molecular weight excluding hydrogens is 252 g/mol. The average molecular weight is 264 g/mol. The Morgan fingerprint density at radius 1 is 1.47 bits per heavy atom. The number of aromatic amines is 2. The highest BCUT2D eigenvalue weighted by atomic mass is 16.6. The van der Waals surface area contributed by atoms with Crippen molar-refractivity contribution < 1.29 is 9.72 Å². The Kier molecular flexibility index (Phi) is 3.86. The highest BCUT2D eigenvalue weighted by Gasteiger charge is 2.14. The molecule has 0 saturated heterocycles. The third kappa shape index (κ3) is 3.37. The Labute approximate surface area is 107 Å². The van der Waals surface area contributed by atoms with Crippen LogP contribution in [0, 0.1) is 10.1 Å². The van der Waals surface area contributed by atoms with Crippen molar-refractivity contribution in [3.05, 3.63) is 40.1 Å². The van der Waals surface area contributed by atoms with Gasteiger partial charge in [0.15, 0.2) is 5.69 Å². The van der Waals surface area contributed by atoms with E-state index in [0.717, 1.165) is 5.82 Å². The molecule has 19 heavy (non-hydrogen) atoms. The van der Waals surface area contributed by atoms with Gasteiger partial charge in [-0.2, -0.15) is 5.10 Å². The first-order valence-electron chi connectivity index (χ1n) is 5.62. The lowest BCUT2D eigenvalue weighted by molar-refractivity contribution is -0.389. The third-order valence-corrected chi connectivity index (χ3v) is 2.45. The molecule has 0 unspecified atom stereocenters. The smallest absolute Gasteiger partial charge is 0.321 e. The van der Waals surface area contributed by atoms with Crippen LogP contribution in [0.15, 0.2) is 18.5 Å². The minimum Gasteiger partial charge on any atom is -0.358 e. The second kappa shape index (κ2) is 5.76. The predicted octanol–water partition coefficient (Wildman–Crippen LogP) is 0.404. The van der Waals surface area contributed by atoms with Crippen LogP contribution in [0.1, 0.15) is 22.7 Å². The summed E-state index contributed by atoms with van der Waals surface area (Å²) in [6, 6.07) is 2.63. The number of amides is 1. The lowest BCUT2D eigenvalue weighted by Crippen LogP contribution is -2.25. The normalized spacial score (nSPS) is 10.3. The van der Waals surface area contributed by atoms with E-state index in [2.05, 4.69) is 25.5 Å². The summed E-state index contributed by atoms with van der Waals surface area (Å²) in [7, 11) is 0. The molecule has 0 spiro atoms. The van der Waals surface area contributed by atoms with Crippen molar-refractivity contribution in [1.29, 1.82) is 0 Å². The lowest BCUT2D eigenvalue weighted by atomic mass is 10.3. The summed E-state index contributed by atoms with van der Waals surface area (Å²) in [5.74, 6) is 0.183. The second-order valence-corrected chi connectivity index (χ2v) is 3.81. The van der Waals surface area contributed by atoms with Crippen LogP contribution in [-0.4, -0.2) is 37.5 Å². The van der Waals surface area contributed by atoms with Gasteiger partial charge in [0, 0.05) is 19.0 Å². The minimum absolute atomic E-state index is 0.173. The Morgan fingerprint density at radius 2 is 2.32 bits per heavy atom. The molecule has 0 atom stereocenters. The maximum absolute atomic E-state index is 11.6. The molecule has 9 heteroatoms. The van der Waals surface area contributed by atoms with Crippen LogP contribution in [0.3, 0.4) is 0 Å². The van der Waals surface area contributed by atoms with E-state index < -0.39 is 4.92 Å². The number of aryl methyl sites for hydroxylation is 1. The summed E-state index contributed by atoms with van der Waals surface area (Å²) in [4.78, 5) is 27.9. The molecule has 2 aromatic rings. The largest absolute Gasteiger partial charge is 0.358 e. The molecule has 0 aliphatic heterocycles. The monoisotopic (exact) mass is 264 g/mol. The standard InChI is InChI=1S/C10H12N6O3/c17-10(7-3-4-9(14-7)16(18)19)11-5-1-2-8-12-6-13-15-8/h3-4,6,14H,1-2,5H2,(H,11,17)(H,12,13,15). The van der Waals surface area contributed by atoms with E-state index in [1.807, 2.05) is 0 Å². The predicted molar refractivity (Wildman–Crippen MR) is 64.5 cm³/mol. The van der Waals surface area contributed by atoms with E-state index in [9.17, 15) is 14.9 Å². The highest BCUT2D eigenvalue weighted by Crippen LogP contribution is 2.09. The van der Waals surface area contributed by atoms with Crippen molar-refractivity contribution in [2.24, 2.45) is 0 Å². The number of nitrogens with zero attached hydrogens (tertiary/aromatic N) is 3. The number of carbonyl (C=O) groups is 1. The SMILES string of the molecule is O=C(NCCCc1ncn[nH]1)c1ccc([N+](=O)[O-])[nH]1.